The van der Waals surface area contributed by atoms with E-state index in [9.17, 15) is 0 Å². The third kappa shape index (κ3) is 5.86. The fraction of sp³-hybridized carbons (Fsp3) is 0. The minimum absolute atomic E-state index is 0.946. The lowest BCUT2D eigenvalue weighted by Gasteiger charge is -2.25. The van der Waals surface area contributed by atoms with Gasteiger partial charge in [0, 0.05) is 59.1 Å². The van der Waals surface area contributed by atoms with E-state index in [0.29, 0.717) is 0 Å². The van der Waals surface area contributed by atoms with Crippen molar-refractivity contribution in [1.82, 2.24) is 9.55 Å². The number of hydrogen-bond donors (Lipinski definition) is 0. The van der Waals surface area contributed by atoms with Crippen molar-refractivity contribution < 1.29 is 0 Å². The van der Waals surface area contributed by atoms with Crippen LogP contribution in [0.1, 0.15) is 0 Å². The highest BCUT2D eigenvalue weighted by Crippen LogP contribution is 2.43. The molecule has 0 saturated heterocycles. The summed E-state index contributed by atoms with van der Waals surface area (Å²) in [6.45, 7) is 0. The van der Waals surface area contributed by atoms with Crippen LogP contribution in [0.4, 0.5) is 17.1 Å². The Labute approximate surface area is 335 Å². The molecule has 0 aliphatic rings. The molecule has 0 fully saturated rings. The van der Waals surface area contributed by atoms with Gasteiger partial charge in [-0.1, -0.05) is 133 Å². The van der Waals surface area contributed by atoms with Gasteiger partial charge >= 0.3 is 0 Å². The monoisotopic (exact) mass is 745 g/mol. The van der Waals surface area contributed by atoms with E-state index in [4.69, 9.17) is 4.98 Å². The number of nitrogens with zero attached hydrogens (tertiary/aromatic N) is 3. The standard InChI is InChI=1S/C53H35N3S/c1-5-15-37(16-6-1)48-32-43(33-49(54-48)38-17-7-2-8-18-38)56-50-30-27-39(31-45(50)46-34-47-44-23-13-14-24-52(44)57-53(47)35-51(46)56)36-25-28-42(29-26-36)55(40-19-9-3-10-20-40)41-21-11-4-12-22-41/h1-35H. The Balaban J connectivity index is 1.11. The summed E-state index contributed by atoms with van der Waals surface area (Å²) in [5, 5.41) is 5.05. The molecule has 4 heteroatoms. The van der Waals surface area contributed by atoms with E-state index in [2.05, 4.69) is 222 Å². The predicted octanol–water partition coefficient (Wildman–Crippen LogP) is 15.0. The first-order valence-electron chi connectivity index (χ1n) is 19.3. The van der Waals surface area contributed by atoms with Crippen LogP contribution in [-0.4, -0.2) is 9.55 Å². The van der Waals surface area contributed by atoms with E-state index >= 15 is 0 Å². The number of pyridine rings is 1. The number of rotatable bonds is 7. The number of thiophene rings is 1. The van der Waals surface area contributed by atoms with E-state index in [-0.39, 0.29) is 0 Å². The average Bonchev–Trinajstić information content (AvgIpc) is 3.81. The van der Waals surface area contributed by atoms with Gasteiger partial charge < -0.3 is 9.47 Å². The van der Waals surface area contributed by atoms with Gasteiger partial charge in [-0.3, -0.25) is 0 Å². The molecule has 0 unspecified atom stereocenters. The fourth-order valence-corrected chi connectivity index (χ4v) is 9.38. The van der Waals surface area contributed by atoms with E-state index in [0.717, 1.165) is 50.8 Å². The summed E-state index contributed by atoms with van der Waals surface area (Å²) in [4.78, 5) is 7.52. The summed E-state index contributed by atoms with van der Waals surface area (Å²) in [6.07, 6.45) is 0. The first-order valence-corrected chi connectivity index (χ1v) is 20.1. The minimum Gasteiger partial charge on any atom is -0.311 e. The lowest BCUT2D eigenvalue weighted by molar-refractivity contribution is 1.16. The SMILES string of the molecule is c1ccc(-c2cc(-n3c4ccc(-c5ccc(N(c6ccccc6)c6ccccc6)cc5)cc4c4cc5c(cc43)sc3ccccc35)cc(-c3ccccc3)n2)cc1. The van der Waals surface area contributed by atoms with Gasteiger partial charge in [0.1, 0.15) is 0 Å². The molecule has 11 rings (SSSR count). The fourth-order valence-electron chi connectivity index (χ4n) is 8.26. The van der Waals surface area contributed by atoms with Crippen LogP contribution in [0.25, 0.3) is 81.3 Å². The Morgan fingerprint density at radius 3 is 1.51 bits per heavy atom. The van der Waals surface area contributed by atoms with Crippen LogP contribution < -0.4 is 4.90 Å². The molecule has 0 aliphatic heterocycles. The topological polar surface area (TPSA) is 21.1 Å². The first kappa shape index (κ1) is 33.1. The van der Waals surface area contributed by atoms with Crippen LogP contribution in [0, 0.1) is 0 Å². The summed E-state index contributed by atoms with van der Waals surface area (Å²) < 4.78 is 5.03. The van der Waals surface area contributed by atoms with Gasteiger partial charge in [-0.05, 0) is 90.0 Å². The highest BCUT2D eigenvalue weighted by atomic mass is 32.1. The van der Waals surface area contributed by atoms with Crippen LogP contribution in [0.2, 0.25) is 0 Å². The zero-order valence-electron chi connectivity index (χ0n) is 31.0. The van der Waals surface area contributed by atoms with Crippen molar-refractivity contribution in [2.24, 2.45) is 0 Å². The molecular weight excluding hydrogens is 711 g/mol. The Morgan fingerprint density at radius 2 is 0.877 bits per heavy atom. The molecule has 3 nitrogen and oxygen atoms in total. The molecule has 8 aromatic carbocycles. The first-order chi connectivity index (χ1) is 28.2. The average molecular weight is 746 g/mol. The smallest absolute Gasteiger partial charge is 0.0730 e. The Morgan fingerprint density at radius 1 is 0.351 bits per heavy atom. The third-order valence-corrected chi connectivity index (χ3v) is 12.1. The summed E-state index contributed by atoms with van der Waals surface area (Å²) in [5.74, 6) is 0. The van der Waals surface area contributed by atoms with E-state index < -0.39 is 0 Å². The van der Waals surface area contributed by atoms with Gasteiger partial charge in [-0.2, -0.15) is 0 Å². The van der Waals surface area contributed by atoms with Crippen LogP contribution in [0.3, 0.4) is 0 Å². The summed E-state index contributed by atoms with van der Waals surface area (Å²) in [7, 11) is 0. The van der Waals surface area contributed by atoms with Crippen molar-refractivity contribution in [2.75, 3.05) is 4.90 Å². The minimum atomic E-state index is 0.946. The van der Waals surface area contributed by atoms with E-state index in [1.54, 1.807) is 0 Å². The number of aromatic nitrogens is 2. The van der Waals surface area contributed by atoms with E-state index in [1.165, 1.54) is 47.6 Å². The van der Waals surface area contributed by atoms with Crippen LogP contribution in [-0.2, 0) is 0 Å². The molecule has 0 radical (unpaired) electrons. The van der Waals surface area contributed by atoms with Crippen molar-refractivity contribution in [3.05, 3.63) is 212 Å². The molecule has 3 heterocycles. The van der Waals surface area contributed by atoms with E-state index in [1.807, 2.05) is 11.3 Å². The largest absolute Gasteiger partial charge is 0.311 e. The number of benzene rings is 8. The van der Waals surface area contributed by atoms with Crippen molar-refractivity contribution in [2.45, 2.75) is 0 Å². The maximum Gasteiger partial charge on any atom is 0.0730 e. The molecule has 0 bridgehead atoms. The molecule has 0 atom stereocenters. The van der Waals surface area contributed by atoms with Crippen molar-refractivity contribution >= 4 is 70.4 Å². The lowest BCUT2D eigenvalue weighted by atomic mass is 10.0. The Kier molecular flexibility index (Phi) is 8.01. The summed E-state index contributed by atoms with van der Waals surface area (Å²) >= 11 is 1.86. The molecule has 11 aromatic rings. The van der Waals surface area contributed by atoms with Crippen LogP contribution in [0.5, 0.6) is 0 Å². The number of fused-ring (bicyclic) bond motifs is 6. The molecular formula is C53H35N3S. The lowest BCUT2D eigenvalue weighted by Crippen LogP contribution is -2.09. The Hall–Kier alpha value is -7.27. The van der Waals surface area contributed by atoms with Gasteiger partial charge in [-0.15, -0.1) is 11.3 Å². The zero-order valence-corrected chi connectivity index (χ0v) is 31.8. The summed E-state index contributed by atoms with van der Waals surface area (Å²) in [5.41, 5.74) is 13.2. The maximum absolute atomic E-state index is 5.22. The zero-order chi connectivity index (χ0) is 37.7. The summed E-state index contributed by atoms with van der Waals surface area (Å²) in [6, 6.07) is 76.1. The Bertz CT molecular complexity index is 3110. The molecule has 0 aliphatic carbocycles. The van der Waals surface area contributed by atoms with Crippen LogP contribution >= 0.6 is 11.3 Å². The number of para-hydroxylation sites is 2. The van der Waals surface area contributed by atoms with Crippen molar-refractivity contribution in [1.29, 1.82) is 0 Å². The molecule has 57 heavy (non-hydrogen) atoms. The van der Waals surface area contributed by atoms with Crippen molar-refractivity contribution in [3.8, 4) is 39.3 Å². The second-order valence-corrected chi connectivity index (χ2v) is 15.5. The molecule has 0 saturated carbocycles. The van der Waals surface area contributed by atoms with Crippen molar-refractivity contribution in [3.63, 3.8) is 0 Å². The second kappa shape index (κ2) is 13.8. The maximum atomic E-state index is 5.22. The predicted molar refractivity (Wildman–Crippen MR) is 242 cm³/mol. The number of anilines is 3. The number of hydrogen-bond acceptors (Lipinski definition) is 3. The van der Waals surface area contributed by atoms with Gasteiger partial charge in [0.25, 0.3) is 0 Å². The van der Waals surface area contributed by atoms with Gasteiger partial charge in [0.05, 0.1) is 28.1 Å². The highest BCUT2D eigenvalue weighted by molar-refractivity contribution is 7.25. The quantitative estimate of drug-likeness (QED) is 0.162. The normalized spacial score (nSPS) is 11.5. The molecule has 0 amide bonds. The molecule has 0 spiro atoms. The highest BCUT2D eigenvalue weighted by Gasteiger charge is 2.19. The second-order valence-electron chi connectivity index (χ2n) is 14.4. The van der Waals surface area contributed by atoms with Gasteiger partial charge in [0.15, 0.2) is 0 Å². The van der Waals surface area contributed by atoms with Gasteiger partial charge in [0.2, 0.25) is 0 Å². The molecule has 0 N–H and O–H groups in total. The van der Waals surface area contributed by atoms with Crippen LogP contribution in [0.15, 0.2) is 212 Å². The van der Waals surface area contributed by atoms with Gasteiger partial charge in [-0.25, -0.2) is 4.98 Å². The molecule has 268 valence electrons. The molecule has 3 aromatic heterocycles. The third-order valence-electron chi connectivity index (χ3n) is 11.0.